The molecule has 5 nitrogen and oxygen atoms in total. The number of hydrogen-bond donors (Lipinski definition) is 0. The molecule has 34 heavy (non-hydrogen) atoms. The molecule has 5 rings (SSSR count). The van der Waals surface area contributed by atoms with Crippen LogP contribution in [-0.2, 0) is 9.09 Å². The summed E-state index contributed by atoms with van der Waals surface area (Å²) in [4.78, 5) is 0. The van der Waals surface area contributed by atoms with Gasteiger partial charge in [0.25, 0.3) is 0 Å². The second-order valence-electron chi connectivity index (χ2n) is 8.38. The van der Waals surface area contributed by atoms with E-state index in [0.717, 1.165) is 29.4 Å². The fourth-order valence-electron chi connectivity index (χ4n) is 4.62. The average molecular weight is 499 g/mol. The van der Waals surface area contributed by atoms with E-state index in [-0.39, 0.29) is 11.7 Å². The fraction of sp³-hybridized carbons (Fsp3) is 0.231. The van der Waals surface area contributed by atoms with Crippen LogP contribution in [0, 0.1) is 5.82 Å². The van der Waals surface area contributed by atoms with Crippen molar-refractivity contribution in [1.29, 1.82) is 0 Å². The van der Waals surface area contributed by atoms with Crippen LogP contribution in [0.2, 0.25) is 5.02 Å². The highest BCUT2D eigenvalue weighted by molar-refractivity contribution is 7.51. The lowest BCUT2D eigenvalue weighted by Gasteiger charge is -2.35. The van der Waals surface area contributed by atoms with Gasteiger partial charge in [-0.25, -0.2) is 8.96 Å². The van der Waals surface area contributed by atoms with Crippen LogP contribution in [0.4, 0.5) is 4.39 Å². The number of piperidine rings is 1. The van der Waals surface area contributed by atoms with Gasteiger partial charge in [-0.2, -0.15) is 4.67 Å². The molecule has 0 amide bonds. The van der Waals surface area contributed by atoms with Crippen molar-refractivity contribution in [2.75, 3.05) is 20.2 Å². The Morgan fingerprint density at radius 1 is 1.00 bits per heavy atom. The monoisotopic (exact) mass is 498 g/mol. The normalized spacial score (nSPS) is 17.0. The molecule has 1 aromatic heterocycles. The number of para-hydroxylation sites is 1. The van der Waals surface area contributed by atoms with Crippen LogP contribution >= 0.6 is 19.3 Å². The van der Waals surface area contributed by atoms with Crippen molar-refractivity contribution in [3.05, 3.63) is 95.4 Å². The molecule has 0 N–H and O–H groups in total. The van der Waals surface area contributed by atoms with Gasteiger partial charge < -0.3 is 9.09 Å². The van der Waals surface area contributed by atoms with Gasteiger partial charge in [0.2, 0.25) is 0 Å². The zero-order chi connectivity index (χ0) is 23.7. The zero-order valence-electron chi connectivity index (χ0n) is 18.7. The fourth-order valence-corrected chi connectivity index (χ4v) is 6.32. The molecule has 4 aromatic rings. The van der Waals surface area contributed by atoms with Gasteiger partial charge in [-0.1, -0.05) is 29.8 Å². The second-order valence-corrected chi connectivity index (χ2v) is 10.9. The molecule has 1 aliphatic rings. The van der Waals surface area contributed by atoms with Crippen molar-refractivity contribution < 1.29 is 18.0 Å². The zero-order valence-corrected chi connectivity index (χ0v) is 20.4. The summed E-state index contributed by atoms with van der Waals surface area (Å²) >= 11 is 6.35. The summed E-state index contributed by atoms with van der Waals surface area (Å²) in [6.07, 6.45) is 3.70. The molecule has 176 valence electrons. The third-order valence-electron chi connectivity index (χ3n) is 6.35. The minimum atomic E-state index is -3.45. The Balaban J connectivity index is 1.41. The molecule has 1 fully saturated rings. The van der Waals surface area contributed by atoms with E-state index >= 15 is 0 Å². The Morgan fingerprint density at radius 3 is 2.38 bits per heavy atom. The largest absolute Gasteiger partial charge is 0.461 e. The number of halogens is 2. The van der Waals surface area contributed by atoms with Crippen LogP contribution in [0.15, 0.2) is 79.0 Å². The van der Waals surface area contributed by atoms with Crippen LogP contribution in [0.5, 0.6) is 5.75 Å². The Hall–Kier alpha value is -2.63. The first kappa shape index (κ1) is 23.1. The van der Waals surface area contributed by atoms with Crippen molar-refractivity contribution in [3.63, 3.8) is 0 Å². The SMILES string of the molecule is COP(=O)(Oc1ccccc1)N1CCC(c2cn(-c3ccc(F)cc3)c3ccc(Cl)cc23)CC1. The van der Waals surface area contributed by atoms with Gasteiger partial charge in [0.05, 0.1) is 5.52 Å². The number of rotatable bonds is 6. The molecule has 0 bridgehead atoms. The van der Waals surface area contributed by atoms with Crippen molar-refractivity contribution in [2.24, 2.45) is 0 Å². The maximum atomic E-state index is 13.5. The highest BCUT2D eigenvalue weighted by Crippen LogP contribution is 2.53. The lowest BCUT2D eigenvalue weighted by molar-refractivity contribution is 0.216. The summed E-state index contributed by atoms with van der Waals surface area (Å²) in [7, 11) is -2.02. The topological polar surface area (TPSA) is 43.7 Å². The van der Waals surface area contributed by atoms with Gasteiger partial charge in [-0.15, -0.1) is 0 Å². The second kappa shape index (κ2) is 9.55. The van der Waals surface area contributed by atoms with Crippen LogP contribution < -0.4 is 4.52 Å². The third kappa shape index (κ3) is 4.51. The van der Waals surface area contributed by atoms with Gasteiger partial charge in [0.15, 0.2) is 0 Å². The van der Waals surface area contributed by atoms with Crippen LogP contribution in [-0.4, -0.2) is 29.4 Å². The van der Waals surface area contributed by atoms with E-state index in [1.54, 1.807) is 24.3 Å². The van der Waals surface area contributed by atoms with Gasteiger partial charge in [-0.05, 0) is 78.9 Å². The number of aromatic nitrogens is 1. The molecular weight excluding hydrogens is 474 g/mol. The van der Waals surface area contributed by atoms with Crippen molar-refractivity contribution >= 4 is 30.3 Å². The van der Waals surface area contributed by atoms with E-state index in [4.69, 9.17) is 20.6 Å². The summed E-state index contributed by atoms with van der Waals surface area (Å²) in [5.74, 6) is 0.504. The Bertz CT molecular complexity index is 1340. The van der Waals surface area contributed by atoms with E-state index in [2.05, 4.69) is 10.8 Å². The summed E-state index contributed by atoms with van der Waals surface area (Å²) in [6.45, 7) is 1.15. The highest BCUT2D eigenvalue weighted by Gasteiger charge is 2.37. The predicted octanol–water partition coefficient (Wildman–Crippen LogP) is 7.44. The van der Waals surface area contributed by atoms with Gasteiger partial charge in [0, 0.05) is 42.5 Å². The van der Waals surface area contributed by atoms with Gasteiger partial charge >= 0.3 is 7.75 Å². The van der Waals surface area contributed by atoms with Crippen molar-refractivity contribution in [1.82, 2.24) is 9.24 Å². The third-order valence-corrected chi connectivity index (χ3v) is 8.59. The minimum Gasteiger partial charge on any atom is -0.413 e. The summed E-state index contributed by atoms with van der Waals surface area (Å²) in [5.41, 5.74) is 3.08. The lowest BCUT2D eigenvalue weighted by atomic mass is 9.90. The molecule has 0 aliphatic carbocycles. The van der Waals surface area contributed by atoms with Crippen LogP contribution in [0.25, 0.3) is 16.6 Å². The molecule has 0 saturated carbocycles. The van der Waals surface area contributed by atoms with E-state index in [0.29, 0.717) is 23.9 Å². The summed E-state index contributed by atoms with van der Waals surface area (Å²) in [5, 5.41) is 1.74. The first-order valence-electron chi connectivity index (χ1n) is 11.2. The molecule has 1 atom stereocenters. The Kier molecular flexibility index (Phi) is 6.50. The van der Waals surface area contributed by atoms with Gasteiger partial charge in [-0.3, -0.25) is 4.52 Å². The molecule has 3 aromatic carbocycles. The van der Waals surface area contributed by atoms with Gasteiger partial charge in [0.1, 0.15) is 11.6 Å². The van der Waals surface area contributed by atoms with E-state index < -0.39 is 7.75 Å². The smallest absolute Gasteiger partial charge is 0.413 e. The first-order valence-corrected chi connectivity index (χ1v) is 13.1. The number of nitrogens with zero attached hydrogens (tertiary/aromatic N) is 2. The van der Waals surface area contributed by atoms with Crippen LogP contribution in [0.1, 0.15) is 24.3 Å². The molecule has 8 heteroatoms. The summed E-state index contributed by atoms with van der Waals surface area (Å²) in [6, 6.07) is 21.4. The maximum Gasteiger partial charge on any atom is 0.461 e. The van der Waals surface area contributed by atoms with Crippen LogP contribution in [0.3, 0.4) is 0 Å². The molecule has 0 spiro atoms. The average Bonchev–Trinajstić information content (AvgIpc) is 3.23. The molecule has 2 heterocycles. The number of benzene rings is 3. The Morgan fingerprint density at radius 2 is 1.71 bits per heavy atom. The predicted molar refractivity (Wildman–Crippen MR) is 133 cm³/mol. The standard InChI is InChI=1S/C26H25ClFN2O3P/c1-32-34(31,33-23-5-3-2-4-6-23)29-15-13-19(14-16-29)25-18-30(22-10-8-21(28)9-11-22)26-12-7-20(27)17-24(25)26/h2-12,17-19H,13-16H2,1H3. The lowest BCUT2D eigenvalue weighted by Crippen LogP contribution is -2.32. The molecule has 0 radical (unpaired) electrons. The molecule has 1 aliphatic heterocycles. The minimum absolute atomic E-state index is 0.251. The first-order chi connectivity index (χ1) is 16.5. The van der Waals surface area contributed by atoms with Crippen molar-refractivity contribution in [2.45, 2.75) is 18.8 Å². The highest BCUT2D eigenvalue weighted by atomic mass is 35.5. The molecule has 1 unspecified atom stereocenters. The van der Waals surface area contributed by atoms with E-state index in [1.807, 2.05) is 41.1 Å². The Labute approximate surface area is 203 Å². The number of fused-ring (bicyclic) bond motifs is 1. The molecular formula is C26H25ClFN2O3P. The molecule has 1 saturated heterocycles. The maximum absolute atomic E-state index is 13.5. The van der Waals surface area contributed by atoms with E-state index in [9.17, 15) is 8.96 Å². The summed E-state index contributed by atoms with van der Waals surface area (Å²) < 4.78 is 42.0. The number of hydrogen-bond acceptors (Lipinski definition) is 3. The van der Waals surface area contributed by atoms with E-state index in [1.165, 1.54) is 24.8 Å². The van der Waals surface area contributed by atoms with Crippen molar-refractivity contribution in [3.8, 4) is 11.4 Å². The quantitative estimate of drug-likeness (QED) is 0.259.